The van der Waals surface area contributed by atoms with Crippen molar-refractivity contribution in [3.8, 4) is 6.07 Å². The van der Waals surface area contributed by atoms with E-state index in [9.17, 15) is 0 Å². The maximum Gasteiger partial charge on any atom is 0.0991 e. The Morgan fingerprint density at radius 1 is 1.38 bits per heavy atom. The molecule has 70 valence electrons. The zero-order chi connectivity index (χ0) is 9.14. The van der Waals surface area contributed by atoms with Gasteiger partial charge in [-0.1, -0.05) is 13.8 Å². The number of nitriles is 1. The van der Waals surface area contributed by atoms with Crippen LogP contribution in [-0.2, 0) is 0 Å². The Balaban J connectivity index is 0.00000144. The number of benzene rings is 1. The molecule has 1 aromatic rings. The van der Waals surface area contributed by atoms with Crippen molar-refractivity contribution in [2.45, 2.75) is 19.8 Å². The van der Waals surface area contributed by atoms with Crippen molar-refractivity contribution in [3.05, 3.63) is 29.3 Å². The van der Waals surface area contributed by atoms with Gasteiger partial charge in [-0.25, -0.2) is 0 Å². The van der Waals surface area contributed by atoms with Crippen LogP contribution in [0.15, 0.2) is 18.2 Å². The van der Waals surface area contributed by atoms with Crippen LogP contribution >= 0.6 is 12.4 Å². The standard InChI is InChI=1S/C10H12N2.ClH/c1-7(2)9-5-8(6-11)3-4-10(9)12;/h3-5,7H,12H2,1-2H3;1H. The Bertz CT molecular complexity index is 326. The highest BCUT2D eigenvalue weighted by Crippen LogP contribution is 2.22. The normalized spacial score (nSPS) is 9.08. The Hall–Kier alpha value is -1.20. The van der Waals surface area contributed by atoms with E-state index in [0.29, 0.717) is 11.5 Å². The summed E-state index contributed by atoms with van der Waals surface area (Å²) in [4.78, 5) is 0. The van der Waals surface area contributed by atoms with Gasteiger partial charge in [-0.2, -0.15) is 5.26 Å². The minimum Gasteiger partial charge on any atom is -0.398 e. The first kappa shape index (κ1) is 11.8. The molecule has 0 bridgehead atoms. The monoisotopic (exact) mass is 196 g/mol. The van der Waals surface area contributed by atoms with E-state index < -0.39 is 0 Å². The van der Waals surface area contributed by atoms with E-state index in [1.54, 1.807) is 12.1 Å². The van der Waals surface area contributed by atoms with E-state index in [0.717, 1.165) is 11.3 Å². The summed E-state index contributed by atoms with van der Waals surface area (Å²) in [6, 6.07) is 7.46. The number of hydrogen-bond acceptors (Lipinski definition) is 2. The number of nitrogens with zero attached hydrogens (tertiary/aromatic N) is 1. The van der Waals surface area contributed by atoms with Crippen molar-refractivity contribution >= 4 is 18.1 Å². The van der Waals surface area contributed by atoms with Gasteiger partial charge >= 0.3 is 0 Å². The van der Waals surface area contributed by atoms with Crippen molar-refractivity contribution in [1.82, 2.24) is 0 Å². The molecule has 0 fully saturated rings. The highest BCUT2D eigenvalue weighted by molar-refractivity contribution is 5.85. The summed E-state index contributed by atoms with van der Waals surface area (Å²) < 4.78 is 0. The third-order valence-electron chi connectivity index (χ3n) is 1.84. The molecule has 0 aliphatic rings. The van der Waals surface area contributed by atoms with Crippen molar-refractivity contribution in [3.63, 3.8) is 0 Å². The lowest BCUT2D eigenvalue weighted by Gasteiger charge is -2.08. The van der Waals surface area contributed by atoms with Crippen molar-refractivity contribution in [1.29, 1.82) is 5.26 Å². The SMILES string of the molecule is CC(C)c1cc(C#N)ccc1N.Cl. The van der Waals surface area contributed by atoms with Crippen LogP contribution in [0.4, 0.5) is 5.69 Å². The highest BCUT2D eigenvalue weighted by atomic mass is 35.5. The molecular formula is C10H13ClN2. The second-order valence-corrected chi connectivity index (χ2v) is 3.11. The summed E-state index contributed by atoms with van der Waals surface area (Å²) >= 11 is 0. The lowest BCUT2D eigenvalue weighted by Crippen LogP contribution is -1.96. The molecule has 0 radical (unpaired) electrons. The van der Waals surface area contributed by atoms with E-state index in [4.69, 9.17) is 11.0 Å². The van der Waals surface area contributed by atoms with Gasteiger partial charge in [0.2, 0.25) is 0 Å². The van der Waals surface area contributed by atoms with Gasteiger partial charge in [0.05, 0.1) is 11.6 Å². The summed E-state index contributed by atoms with van der Waals surface area (Å²) in [5.41, 5.74) is 8.23. The van der Waals surface area contributed by atoms with E-state index in [1.807, 2.05) is 6.07 Å². The molecule has 0 aliphatic carbocycles. The fourth-order valence-electron chi connectivity index (χ4n) is 1.14. The predicted octanol–water partition coefficient (Wildman–Crippen LogP) is 2.69. The molecule has 0 atom stereocenters. The number of nitrogen functional groups attached to an aromatic ring is 1. The summed E-state index contributed by atoms with van der Waals surface area (Å²) in [6.45, 7) is 4.12. The third-order valence-corrected chi connectivity index (χ3v) is 1.84. The molecule has 0 heterocycles. The van der Waals surface area contributed by atoms with Gasteiger partial charge in [0.1, 0.15) is 0 Å². The fourth-order valence-corrected chi connectivity index (χ4v) is 1.14. The van der Waals surface area contributed by atoms with Crippen molar-refractivity contribution in [2.24, 2.45) is 0 Å². The number of halogens is 1. The van der Waals surface area contributed by atoms with Crippen LogP contribution < -0.4 is 5.73 Å². The number of rotatable bonds is 1. The topological polar surface area (TPSA) is 49.8 Å². The van der Waals surface area contributed by atoms with Crippen molar-refractivity contribution in [2.75, 3.05) is 5.73 Å². The molecule has 1 rings (SSSR count). The Labute approximate surface area is 84.8 Å². The lowest BCUT2D eigenvalue weighted by atomic mass is 9.99. The minimum absolute atomic E-state index is 0. The Morgan fingerprint density at radius 2 is 2.00 bits per heavy atom. The van der Waals surface area contributed by atoms with Gasteiger partial charge in [-0.3, -0.25) is 0 Å². The molecule has 2 nitrogen and oxygen atoms in total. The molecule has 13 heavy (non-hydrogen) atoms. The van der Waals surface area contributed by atoms with Gasteiger partial charge < -0.3 is 5.73 Å². The summed E-state index contributed by atoms with van der Waals surface area (Å²) in [6.07, 6.45) is 0. The maximum absolute atomic E-state index is 8.64. The number of hydrogen-bond donors (Lipinski definition) is 1. The van der Waals surface area contributed by atoms with E-state index >= 15 is 0 Å². The van der Waals surface area contributed by atoms with Crippen molar-refractivity contribution < 1.29 is 0 Å². The van der Waals surface area contributed by atoms with Gasteiger partial charge in [0.25, 0.3) is 0 Å². The van der Waals surface area contributed by atoms with E-state index in [-0.39, 0.29) is 12.4 Å². The van der Waals surface area contributed by atoms with Crippen LogP contribution in [0.2, 0.25) is 0 Å². The highest BCUT2D eigenvalue weighted by Gasteiger charge is 2.04. The summed E-state index contributed by atoms with van der Waals surface area (Å²) in [5, 5.41) is 8.64. The molecule has 0 spiro atoms. The average molecular weight is 197 g/mol. The smallest absolute Gasteiger partial charge is 0.0991 e. The van der Waals surface area contributed by atoms with Gasteiger partial charge in [0.15, 0.2) is 0 Å². The molecule has 3 heteroatoms. The van der Waals surface area contributed by atoms with Crippen LogP contribution in [0.25, 0.3) is 0 Å². The van der Waals surface area contributed by atoms with Crippen LogP contribution in [-0.4, -0.2) is 0 Å². The molecule has 0 amide bonds. The molecule has 0 unspecified atom stereocenters. The van der Waals surface area contributed by atoms with Crippen LogP contribution in [0, 0.1) is 11.3 Å². The zero-order valence-electron chi connectivity index (χ0n) is 7.74. The molecule has 0 saturated heterocycles. The van der Waals surface area contributed by atoms with E-state index in [2.05, 4.69) is 19.9 Å². The first-order valence-corrected chi connectivity index (χ1v) is 3.94. The molecular weight excluding hydrogens is 184 g/mol. The molecule has 2 N–H and O–H groups in total. The Kier molecular flexibility index (Phi) is 4.30. The van der Waals surface area contributed by atoms with Gasteiger partial charge in [-0.15, -0.1) is 12.4 Å². The average Bonchev–Trinajstić information content (AvgIpc) is 2.05. The predicted molar refractivity (Wildman–Crippen MR) is 56.9 cm³/mol. The third kappa shape index (κ3) is 2.64. The lowest BCUT2D eigenvalue weighted by molar-refractivity contribution is 0.869. The van der Waals surface area contributed by atoms with Gasteiger partial charge in [0, 0.05) is 5.69 Å². The van der Waals surface area contributed by atoms with Gasteiger partial charge in [-0.05, 0) is 29.7 Å². The fraction of sp³-hybridized carbons (Fsp3) is 0.300. The zero-order valence-corrected chi connectivity index (χ0v) is 8.56. The number of anilines is 1. The molecule has 0 aromatic heterocycles. The summed E-state index contributed by atoms with van der Waals surface area (Å²) in [7, 11) is 0. The van der Waals surface area contributed by atoms with Crippen LogP contribution in [0.1, 0.15) is 30.9 Å². The largest absolute Gasteiger partial charge is 0.398 e. The summed E-state index contributed by atoms with van der Waals surface area (Å²) in [5.74, 6) is 0.373. The number of nitrogens with two attached hydrogens (primary N) is 1. The maximum atomic E-state index is 8.64. The second kappa shape index (κ2) is 4.74. The second-order valence-electron chi connectivity index (χ2n) is 3.11. The van der Waals surface area contributed by atoms with Crippen LogP contribution in [0.5, 0.6) is 0 Å². The quantitative estimate of drug-likeness (QED) is 0.703. The van der Waals surface area contributed by atoms with Crippen LogP contribution in [0.3, 0.4) is 0 Å². The molecule has 1 aromatic carbocycles. The first-order chi connectivity index (χ1) is 5.65. The van der Waals surface area contributed by atoms with E-state index in [1.165, 1.54) is 0 Å². The Morgan fingerprint density at radius 3 is 2.46 bits per heavy atom. The minimum atomic E-state index is 0. The molecule has 0 aliphatic heterocycles. The first-order valence-electron chi connectivity index (χ1n) is 3.94. The molecule has 0 saturated carbocycles.